The zero-order chi connectivity index (χ0) is 16.4. The molecular formula is C16H20N2O5. The van der Waals surface area contributed by atoms with E-state index in [9.17, 15) is 14.7 Å². The molecule has 3 atom stereocenters. The van der Waals surface area contributed by atoms with Gasteiger partial charge in [0.05, 0.1) is 18.2 Å². The molecule has 0 spiro atoms. The first kappa shape index (κ1) is 15.7. The maximum Gasteiger partial charge on any atom is 0.311 e. The summed E-state index contributed by atoms with van der Waals surface area (Å²) in [6.07, 6.45) is 2.92. The Hall–Kier alpha value is -2.15. The number of carboxylic acid groups (broad SMARTS) is 1. The molecule has 1 aromatic rings. The van der Waals surface area contributed by atoms with E-state index in [1.54, 1.807) is 36.4 Å². The Labute approximate surface area is 134 Å². The number of carbonyl (C=O) groups excluding carboxylic acids is 1. The van der Waals surface area contributed by atoms with Crippen LogP contribution in [0.3, 0.4) is 0 Å². The highest BCUT2D eigenvalue weighted by Crippen LogP contribution is 2.42. The van der Waals surface area contributed by atoms with Gasteiger partial charge in [0.25, 0.3) is 5.91 Å². The van der Waals surface area contributed by atoms with Gasteiger partial charge in [0.15, 0.2) is 6.10 Å². The molecule has 2 aliphatic rings. The molecule has 2 aliphatic heterocycles. The number of ether oxygens (including phenoxy) is 2. The molecule has 3 heterocycles. The molecule has 0 saturated carbocycles. The van der Waals surface area contributed by atoms with Gasteiger partial charge in [-0.05, 0) is 25.5 Å². The van der Waals surface area contributed by atoms with Gasteiger partial charge in [-0.2, -0.15) is 0 Å². The standard InChI is InChI=1S/C16H20N2O5/c1-11(23-13-3-2-5-17-7-13)14(19)18-8-12-9-22-6-4-16(12,10-18)15(20)21/h2-3,5,7,11-12H,4,6,8-10H2,1H3,(H,20,21)/t11?,12-,16+/m1/s1. The van der Waals surface area contributed by atoms with Crippen LogP contribution in [-0.2, 0) is 14.3 Å². The van der Waals surface area contributed by atoms with Crippen LogP contribution in [0.5, 0.6) is 5.75 Å². The van der Waals surface area contributed by atoms with E-state index in [1.165, 1.54) is 0 Å². The lowest BCUT2D eigenvalue weighted by molar-refractivity contribution is -0.157. The third-order valence-electron chi connectivity index (χ3n) is 4.74. The zero-order valence-corrected chi connectivity index (χ0v) is 13.0. The highest BCUT2D eigenvalue weighted by molar-refractivity contribution is 5.84. The Balaban J connectivity index is 1.70. The molecular weight excluding hydrogens is 300 g/mol. The number of hydrogen-bond acceptors (Lipinski definition) is 5. The molecule has 3 rings (SSSR count). The minimum Gasteiger partial charge on any atom is -0.481 e. The Morgan fingerprint density at radius 1 is 1.57 bits per heavy atom. The van der Waals surface area contributed by atoms with Crippen molar-refractivity contribution in [1.29, 1.82) is 0 Å². The first-order chi connectivity index (χ1) is 11.0. The lowest BCUT2D eigenvalue weighted by Crippen LogP contribution is -2.45. The number of aliphatic carboxylic acids is 1. The Kier molecular flexibility index (Phi) is 4.21. The molecule has 1 unspecified atom stereocenters. The molecule has 0 aliphatic carbocycles. The number of rotatable bonds is 4. The topological polar surface area (TPSA) is 89.0 Å². The molecule has 23 heavy (non-hydrogen) atoms. The predicted molar refractivity (Wildman–Crippen MR) is 79.9 cm³/mol. The largest absolute Gasteiger partial charge is 0.481 e. The van der Waals surface area contributed by atoms with Gasteiger partial charge in [0.2, 0.25) is 0 Å². The fourth-order valence-electron chi connectivity index (χ4n) is 3.40. The van der Waals surface area contributed by atoms with Crippen LogP contribution < -0.4 is 4.74 Å². The molecule has 0 radical (unpaired) electrons. The summed E-state index contributed by atoms with van der Waals surface area (Å²) >= 11 is 0. The van der Waals surface area contributed by atoms with Crippen molar-refractivity contribution in [2.75, 3.05) is 26.3 Å². The van der Waals surface area contributed by atoms with Gasteiger partial charge in [-0.25, -0.2) is 0 Å². The fourth-order valence-corrected chi connectivity index (χ4v) is 3.40. The highest BCUT2D eigenvalue weighted by atomic mass is 16.5. The molecule has 2 saturated heterocycles. The van der Waals surface area contributed by atoms with Gasteiger partial charge in [0.1, 0.15) is 5.75 Å². The summed E-state index contributed by atoms with van der Waals surface area (Å²) in [5.41, 5.74) is -0.887. The van der Waals surface area contributed by atoms with Crippen LogP contribution in [0.15, 0.2) is 24.5 Å². The van der Waals surface area contributed by atoms with E-state index in [1.807, 2.05) is 0 Å². The average molecular weight is 320 g/mol. The fraction of sp³-hybridized carbons (Fsp3) is 0.562. The number of pyridine rings is 1. The second kappa shape index (κ2) is 6.16. The number of amides is 1. The van der Waals surface area contributed by atoms with Crippen LogP contribution >= 0.6 is 0 Å². The third kappa shape index (κ3) is 2.88. The van der Waals surface area contributed by atoms with Crippen LogP contribution in [0.1, 0.15) is 13.3 Å². The predicted octanol–water partition coefficient (Wildman–Crippen LogP) is 0.799. The molecule has 1 amide bonds. The average Bonchev–Trinajstić information content (AvgIpc) is 2.96. The number of fused-ring (bicyclic) bond motifs is 1. The molecule has 124 valence electrons. The van der Waals surface area contributed by atoms with Crippen molar-refractivity contribution in [3.8, 4) is 5.75 Å². The molecule has 0 aromatic carbocycles. The summed E-state index contributed by atoms with van der Waals surface area (Å²) in [6, 6.07) is 3.46. The summed E-state index contributed by atoms with van der Waals surface area (Å²) in [5, 5.41) is 9.64. The first-order valence-corrected chi connectivity index (χ1v) is 7.69. The number of aromatic nitrogens is 1. The van der Waals surface area contributed by atoms with Crippen molar-refractivity contribution < 1.29 is 24.2 Å². The minimum atomic E-state index is -0.887. The Bertz CT molecular complexity index is 593. The van der Waals surface area contributed by atoms with Crippen LogP contribution in [0.25, 0.3) is 0 Å². The lowest BCUT2D eigenvalue weighted by atomic mass is 9.74. The van der Waals surface area contributed by atoms with Crippen molar-refractivity contribution in [3.05, 3.63) is 24.5 Å². The van der Waals surface area contributed by atoms with E-state index in [0.29, 0.717) is 31.9 Å². The normalized spacial score (nSPS) is 28.0. The van der Waals surface area contributed by atoms with Crippen LogP contribution in [0.2, 0.25) is 0 Å². The van der Waals surface area contributed by atoms with Gasteiger partial charge in [0, 0.05) is 31.8 Å². The second-order valence-electron chi connectivity index (χ2n) is 6.15. The van der Waals surface area contributed by atoms with E-state index >= 15 is 0 Å². The molecule has 7 nitrogen and oxygen atoms in total. The number of nitrogens with zero attached hydrogens (tertiary/aromatic N) is 2. The lowest BCUT2D eigenvalue weighted by Gasteiger charge is -2.33. The van der Waals surface area contributed by atoms with Gasteiger partial charge < -0.3 is 19.5 Å². The number of carboxylic acids is 1. The van der Waals surface area contributed by atoms with Crippen molar-refractivity contribution in [3.63, 3.8) is 0 Å². The van der Waals surface area contributed by atoms with Crippen LogP contribution in [0.4, 0.5) is 0 Å². The molecule has 2 fully saturated rings. The highest BCUT2D eigenvalue weighted by Gasteiger charge is 2.55. The van der Waals surface area contributed by atoms with E-state index in [0.717, 1.165) is 0 Å². The van der Waals surface area contributed by atoms with Crippen molar-refractivity contribution in [2.45, 2.75) is 19.4 Å². The summed E-state index contributed by atoms with van der Waals surface area (Å²) in [4.78, 5) is 29.9. The van der Waals surface area contributed by atoms with Gasteiger partial charge in [-0.1, -0.05) is 0 Å². The quantitative estimate of drug-likeness (QED) is 0.882. The Morgan fingerprint density at radius 3 is 3.04 bits per heavy atom. The summed E-state index contributed by atoms with van der Waals surface area (Å²) < 4.78 is 11.0. The maximum atomic E-state index is 12.6. The molecule has 1 aromatic heterocycles. The van der Waals surface area contributed by atoms with Crippen LogP contribution in [0, 0.1) is 11.3 Å². The molecule has 7 heteroatoms. The van der Waals surface area contributed by atoms with E-state index in [4.69, 9.17) is 9.47 Å². The van der Waals surface area contributed by atoms with Gasteiger partial charge in [-0.3, -0.25) is 14.6 Å². The van der Waals surface area contributed by atoms with Gasteiger partial charge in [-0.15, -0.1) is 0 Å². The SMILES string of the molecule is CC(Oc1cccnc1)C(=O)N1C[C@@H]2COCC[C@]2(C(=O)O)C1. The van der Waals surface area contributed by atoms with Crippen molar-refractivity contribution in [1.82, 2.24) is 9.88 Å². The van der Waals surface area contributed by atoms with Crippen molar-refractivity contribution in [2.24, 2.45) is 11.3 Å². The van der Waals surface area contributed by atoms with E-state index in [-0.39, 0.29) is 18.4 Å². The number of hydrogen-bond donors (Lipinski definition) is 1. The third-order valence-corrected chi connectivity index (χ3v) is 4.74. The minimum absolute atomic E-state index is 0.164. The summed E-state index contributed by atoms with van der Waals surface area (Å²) in [6.45, 7) is 3.09. The maximum absolute atomic E-state index is 12.6. The molecule has 1 N–H and O–H groups in total. The monoisotopic (exact) mass is 320 g/mol. The van der Waals surface area contributed by atoms with E-state index < -0.39 is 17.5 Å². The van der Waals surface area contributed by atoms with Crippen molar-refractivity contribution >= 4 is 11.9 Å². The molecule has 0 bridgehead atoms. The van der Waals surface area contributed by atoms with Gasteiger partial charge >= 0.3 is 5.97 Å². The van der Waals surface area contributed by atoms with E-state index in [2.05, 4.69) is 4.98 Å². The number of likely N-dealkylation sites (tertiary alicyclic amines) is 1. The zero-order valence-electron chi connectivity index (χ0n) is 13.0. The second-order valence-corrected chi connectivity index (χ2v) is 6.15. The number of carbonyl (C=O) groups is 2. The summed E-state index contributed by atoms with van der Waals surface area (Å²) in [7, 11) is 0. The first-order valence-electron chi connectivity index (χ1n) is 7.69. The summed E-state index contributed by atoms with van der Waals surface area (Å²) in [5.74, 6) is -0.699. The van der Waals surface area contributed by atoms with Crippen LogP contribution in [-0.4, -0.2) is 59.3 Å². The Morgan fingerprint density at radius 2 is 2.39 bits per heavy atom. The smallest absolute Gasteiger partial charge is 0.311 e.